The minimum atomic E-state index is 0.668. The molecule has 8 heteroatoms. The van der Waals surface area contributed by atoms with E-state index in [1.54, 1.807) is 11.8 Å². The smallest absolute Gasteiger partial charge is 0.206 e. The lowest BCUT2D eigenvalue weighted by molar-refractivity contribution is 0.397. The third-order valence-corrected chi connectivity index (χ3v) is 5.06. The van der Waals surface area contributed by atoms with Crippen molar-refractivity contribution < 1.29 is 4.52 Å². The van der Waals surface area contributed by atoms with Crippen LogP contribution in [0.3, 0.4) is 0 Å². The van der Waals surface area contributed by atoms with Gasteiger partial charge in [-0.15, -0.1) is 10.2 Å². The summed E-state index contributed by atoms with van der Waals surface area (Å²) < 4.78 is 6.27. The summed E-state index contributed by atoms with van der Waals surface area (Å²) in [7, 11) is 0. The quantitative estimate of drug-likeness (QED) is 0.655. The molecular weight excluding hydrogens is 340 g/mol. The molecule has 0 unspecified atom stereocenters. The van der Waals surface area contributed by atoms with Crippen molar-refractivity contribution in [3.8, 4) is 11.3 Å². The first-order chi connectivity index (χ1) is 10.7. The van der Waals surface area contributed by atoms with Crippen LogP contribution in [-0.2, 0) is 5.75 Å². The van der Waals surface area contributed by atoms with Crippen LogP contribution in [0.5, 0.6) is 0 Å². The van der Waals surface area contributed by atoms with Gasteiger partial charge in [-0.3, -0.25) is 0 Å². The second-order valence-electron chi connectivity index (χ2n) is 4.38. The molecule has 2 aromatic heterocycles. The largest absolute Gasteiger partial charge is 0.360 e. The maximum atomic E-state index is 5.88. The van der Waals surface area contributed by atoms with Crippen LogP contribution in [0.2, 0.25) is 5.02 Å². The van der Waals surface area contributed by atoms with Crippen LogP contribution in [0, 0.1) is 0 Å². The van der Waals surface area contributed by atoms with Crippen molar-refractivity contribution in [2.75, 3.05) is 11.9 Å². The Morgan fingerprint density at radius 3 is 2.86 bits per heavy atom. The van der Waals surface area contributed by atoms with Crippen molar-refractivity contribution in [3.63, 3.8) is 0 Å². The van der Waals surface area contributed by atoms with Crippen LogP contribution in [0.4, 0.5) is 5.13 Å². The Hall–Kier alpha value is -1.57. The molecule has 114 valence electrons. The van der Waals surface area contributed by atoms with Crippen LogP contribution in [-0.4, -0.2) is 21.9 Å². The van der Waals surface area contributed by atoms with Gasteiger partial charge in [0.1, 0.15) is 11.5 Å². The van der Waals surface area contributed by atoms with E-state index in [9.17, 15) is 0 Å². The number of benzene rings is 1. The number of anilines is 1. The molecule has 0 fully saturated rings. The van der Waals surface area contributed by atoms with E-state index >= 15 is 0 Å². The molecule has 0 spiro atoms. The molecule has 0 atom stereocenters. The molecular formula is C14H13ClN4OS2. The maximum Gasteiger partial charge on any atom is 0.206 e. The van der Waals surface area contributed by atoms with E-state index in [1.165, 1.54) is 11.3 Å². The van der Waals surface area contributed by atoms with Crippen LogP contribution in [0.1, 0.15) is 12.7 Å². The SMILES string of the molecule is CCNc1nnc(SCc2cc(-c3ccc(Cl)cc3)no2)s1. The summed E-state index contributed by atoms with van der Waals surface area (Å²) in [5.74, 6) is 1.47. The number of nitrogens with zero attached hydrogens (tertiary/aromatic N) is 3. The first-order valence-corrected chi connectivity index (χ1v) is 8.84. The number of thioether (sulfide) groups is 1. The van der Waals surface area contributed by atoms with Gasteiger partial charge < -0.3 is 9.84 Å². The standard InChI is InChI=1S/C14H13ClN4OS2/c1-2-16-13-17-18-14(22-13)21-8-11-7-12(19-20-11)9-3-5-10(15)6-4-9/h3-7H,2,8H2,1H3,(H,16,17). The fourth-order valence-electron chi connectivity index (χ4n) is 1.76. The molecule has 3 rings (SSSR count). The average molecular weight is 353 g/mol. The highest BCUT2D eigenvalue weighted by molar-refractivity contribution is 8.00. The second-order valence-corrected chi connectivity index (χ2v) is 7.01. The molecule has 0 radical (unpaired) electrons. The molecule has 0 aliphatic rings. The summed E-state index contributed by atoms with van der Waals surface area (Å²) >= 11 is 9.00. The van der Waals surface area contributed by atoms with Gasteiger partial charge in [0.25, 0.3) is 0 Å². The lowest BCUT2D eigenvalue weighted by Gasteiger charge is -1.94. The normalized spacial score (nSPS) is 10.8. The van der Waals surface area contributed by atoms with Gasteiger partial charge in [0.15, 0.2) is 4.34 Å². The Morgan fingerprint density at radius 2 is 2.09 bits per heavy atom. The monoisotopic (exact) mass is 352 g/mol. The molecule has 0 amide bonds. The van der Waals surface area contributed by atoms with Crippen molar-refractivity contribution in [2.24, 2.45) is 0 Å². The minimum absolute atomic E-state index is 0.668. The molecule has 0 aliphatic carbocycles. The molecule has 0 saturated heterocycles. The highest BCUT2D eigenvalue weighted by Crippen LogP contribution is 2.29. The molecule has 3 aromatic rings. The summed E-state index contributed by atoms with van der Waals surface area (Å²) in [4.78, 5) is 0. The first-order valence-electron chi connectivity index (χ1n) is 6.66. The van der Waals surface area contributed by atoms with Gasteiger partial charge in [-0.25, -0.2) is 0 Å². The fraction of sp³-hybridized carbons (Fsp3) is 0.214. The van der Waals surface area contributed by atoms with Gasteiger partial charge in [0.2, 0.25) is 5.13 Å². The van der Waals surface area contributed by atoms with Gasteiger partial charge in [0, 0.05) is 23.2 Å². The highest BCUT2D eigenvalue weighted by Gasteiger charge is 2.09. The van der Waals surface area contributed by atoms with E-state index < -0.39 is 0 Å². The van der Waals surface area contributed by atoms with Crippen LogP contribution in [0.15, 0.2) is 39.2 Å². The molecule has 1 N–H and O–H groups in total. The summed E-state index contributed by atoms with van der Waals surface area (Å²) in [6.07, 6.45) is 0. The predicted molar refractivity (Wildman–Crippen MR) is 90.6 cm³/mol. The van der Waals surface area contributed by atoms with Crippen LogP contribution < -0.4 is 5.32 Å². The zero-order chi connectivity index (χ0) is 15.4. The van der Waals surface area contributed by atoms with Crippen molar-refractivity contribution in [3.05, 3.63) is 41.1 Å². The fourth-order valence-corrected chi connectivity index (χ4v) is 3.58. The van der Waals surface area contributed by atoms with E-state index in [1.807, 2.05) is 37.3 Å². The highest BCUT2D eigenvalue weighted by atomic mass is 35.5. The molecule has 22 heavy (non-hydrogen) atoms. The Morgan fingerprint density at radius 1 is 1.27 bits per heavy atom. The van der Waals surface area contributed by atoms with Crippen molar-refractivity contribution in [1.29, 1.82) is 0 Å². The zero-order valence-electron chi connectivity index (χ0n) is 11.7. The summed E-state index contributed by atoms with van der Waals surface area (Å²) in [6, 6.07) is 9.45. The Bertz CT molecular complexity index is 741. The Balaban J connectivity index is 1.62. The lowest BCUT2D eigenvalue weighted by atomic mass is 10.1. The Labute approximate surface area is 141 Å². The number of hydrogen-bond acceptors (Lipinski definition) is 7. The van der Waals surface area contributed by atoms with Gasteiger partial charge in [-0.2, -0.15) is 0 Å². The number of aromatic nitrogens is 3. The van der Waals surface area contributed by atoms with Gasteiger partial charge in [-0.05, 0) is 19.1 Å². The van der Waals surface area contributed by atoms with Gasteiger partial charge in [0.05, 0.1) is 5.75 Å². The third kappa shape index (κ3) is 3.79. The molecule has 2 heterocycles. The van der Waals surface area contributed by atoms with E-state index in [0.29, 0.717) is 10.8 Å². The molecule has 0 saturated carbocycles. The zero-order valence-corrected chi connectivity index (χ0v) is 14.1. The Kier molecular flexibility index (Phi) is 4.97. The first kappa shape index (κ1) is 15.3. The number of rotatable bonds is 6. The van der Waals surface area contributed by atoms with E-state index in [2.05, 4.69) is 20.7 Å². The van der Waals surface area contributed by atoms with Crippen LogP contribution in [0.25, 0.3) is 11.3 Å². The third-order valence-electron chi connectivity index (χ3n) is 2.77. The second kappa shape index (κ2) is 7.13. The molecule has 5 nitrogen and oxygen atoms in total. The van der Waals surface area contributed by atoms with Gasteiger partial charge in [-0.1, -0.05) is 52.0 Å². The molecule has 1 aromatic carbocycles. The number of hydrogen-bond donors (Lipinski definition) is 1. The van der Waals surface area contributed by atoms with Crippen molar-refractivity contribution in [2.45, 2.75) is 17.0 Å². The summed E-state index contributed by atoms with van der Waals surface area (Å²) in [5.41, 5.74) is 1.78. The average Bonchev–Trinajstić information content (AvgIpc) is 3.16. The van der Waals surface area contributed by atoms with E-state index in [-0.39, 0.29) is 0 Å². The predicted octanol–water partition coefficient (Wildman–Crippen LogP) is 4.57. The van der Waals surface area contributed by atoms with Crippen LogP contribution >= 0.6 is 34.7 Å². The molecule has 0 aliphatic heterocycles. The van der Waals surface area contributed by atoms with E-state index in [0.717, 1.165) is 33.0 Å². The molecule has 0 bridgehead atoms. The van der Waals surface area contributed by atoms with Crippen molar-refractivity contribution >= 4 is 39.8 Å². The number of halogens is 1. The van der Waals surface area contributed by atoms with Gasteiger partial charge >= 0.3 is 0 Å². The van der Waals surface area contributed by atoms with Crippen molar-refractivity contribution in [1.82, 2.24) is 15.4 Å². The minimum Gasteiger partial charge on any atom is -0.360 e. The summed E-state index contributed by atoms with van der Waals surface area (Å²) in [5, 5.41) is 16.9. The topological polar surface area (TPSA) is 63.8 Å². The van der Waals surface area contributed by atoms with E-state index in [4.69, 9.17) is 16.1 Å². The lowest BCUT2D eigenvalue weighted by Crippen LogP contribution is -1.94. The number of nitrogens with one attached hydrogen (secondary N) is 1. The maximum absolute atomic E-state index is 5.88. The summed E-state index contributed by atoms with van der Waals surface area (Å²) in [6.45, 7) is 2.87.